The topological polar surface area (TPSA) is 128 Å². The minimum atomic E-state index is -3.84. The van der Waals surface area contributed by atoms with Crippen LogP contribution in [-0.2, 0) is 10.0 Å². The molecule has 0 spiro atoms. The Balaban J connectivity index is 1.91. The Hall–Kier alpha value is -2.98. The number of nitro benzene ring substituents is 1. The first-order chi connectivity index (χ1) is 13.2. The fourth-order valence-electron chi connectivity index (χ4n) is 2.66. The van der Waals surface area contributed by atoms with Crippen molar-refractivity contribution in [3.8, 4) is 5.75 Å². The van der Waals surface area contributed by atoms with Crippen LogP contribution in [0.15, 0.2) is 41.3 Å². The molecular weight excluding hydrogens is 386 g/mol. The predicted molar refractivity (Wildman–Crippen MR) is 102 cm³/mol. The van der Waals surface area contributed by atoms with E-state index in [4.69, 9.17) is 4.74 Å². The molecule has 2 aromatic carbocycles. The minimum absolute atomic E-state index is 0.0860. The number of benzene rings is 2. The van der Waals surface area contributed by atoms with Crippen molar-refractivity contribution in [1.82, 2.24) is 4.72 Å². The molecule has 9 nitrogen and oxygen atoms in total. The number of amides is 1. The molecule has 148 valence electrons. The number of nitrogens with one attached hydrogen (secondary N) is 2. The van der Waals surface area contributed by atoms with Crippen molar-refractivity contribution in [3.05, 3.63) is 57.6 Å². The molecular formula is C18H19N3O6S. The summed E-state index contributed by atoms with van der Waals surface area (Å²) < 4.78 is 32.8. The average molecular weight is 405 g/mol. The molecule has 1 amide bonds. The van der Waals surface area contributed by atoms with E-state index >= 15 is 0 Å². The van der Waals surface area contributed by atoms with Gasteiger partial charge in [0.05, 0.1) is 23.3 Å². The molecule has 28 heavy (non-hydrogen) atoms. The first-order valence-electron chi connectivity index (χ1n) is 8.48. The van der Waals surface area contributed by atoms with Gasteiger partial charge >= 0.3 is 0 Å². The number of methoxy groups -OCH3 is 1. The molecule has 0 heterocycles. The summed E-state index contributed by atoms with van der Waals surface area (Å²) in [5.74, 6) is -0.467. The van der Waals surface area contributed by atoms with Crippen LogP contribution in [0.4, 0.5) is 11.4 Å². The maximum absolute atomic E-state index is 12.6. The highest BCUT2D eigenvalue weighted by molar-refractivity contribution is 7.89. The van der Waals surface area contributed by atoms with E-state index < -0.39 is 20.9 Å². The number of anilines is 1. The van der Waals surface area contributed by atoms with E-state index in [1.165, 1.54) is 50.4 Å². The summed E-state index contributed by atoms with van der Waals surface area (Å²) in [6, 6.07) is 8.30. The summed E-state index contributed by atoms with van der Waals surface area (Å²) in [7, 11) is -2.49. The molecule has 3 rings (SSSR count). The zero-order chi connectivity index (χ0) is 20.5. The van der Waals surface area contributed by atoms with Gasteiger partial charge in [0.15, 0.2) is 0 Å². The Morgan fingerprint density at radius 1 is 1.25 bits per heavy atom. The second-order valence-electron chi connectivity index (χ2n) is 6.42. The van der Waals surface area contributed by atoms with Gasteiger partial charge in [0.2, 0.25) is 10.0 Å². The Kier molecular flexibility index (Phi) is 5.34. The molecule has 0 radical (unpaired) electrons. The standard InChI is InChI=1S/C18H19N3O6S/c1-11-14(4-3-5-15(11)21(23)24)19-18(22)12-6-9-16(27-2)17(10-12)28(25,26)20-13-7-8-13/h3-6,9-10,13,20H,7-8H2,1-2H3,(H,19,22). The smallest absolute Gasteiger partial charge is 0.274 e. The molecule has 1 aliphatic carbocycles. The number of hydrogen-bond acceptors (Lipinski definition) is 6. The Morgan fingerprint density at radius 2 is 1.96 bits per heavy atom. The molecule has 0 aliphatic heterocycles. The van der Waals surface area contributed by atoms with Gasteiger partial charge < -0.3 is 10.1 Å². The van der Waals surface area contributed by atoms with Gasteiger partial charge in [-0.15, -0.1) is 0 Å². The van der Waals surface area contributed by atoms with E-state index in [-0.39, 0.29) is 33.6 Å². The van der Waals surface area contributed by atoms with Gasteiger partial charge in [-0.05, 0) is 44.0 Å². The highest BCUT2D eigenvalue weighted by atomic mass is 32.2. The van der Waals surface area contributed by atoms with Crippen molar-refractivity contribution in [3.63, 3.8) is 0 Å². The van der Waals surface area contributed by atoms with Crippen LogP contribution in [0, 0.1) is 17.0 Å². The molecule has 10 heteroatoms. The van der Waals surface area contributed by atoms with Crippen LogP contribution >= 0.6 is 0 Å². The summed E-state index contributed by atoms with van der Waals surface area (Å²) in [4.78, 5) is 23.0. The van der Waals surface area contributed by atoms with Gasteiger partial charge in [0.25, 0.3) is 11.6 Å². The molecule has 1 aliphatic rings. The third kappa shape index (κ3) is 4.12. The summed E-state index contributed by atoms with van der Waals surface area (Å²) in [6.07, 6.45) is 1.54. The maximum atomic E-state index is 12.6. The quantitative estimate of drug-likeness (QED) is 0.538. The summed E-state index contributed by atoms with van der Waals surface area (Å²) in [5.41, 5.74) is 0.542. The lowest BCUT2D eigenvalue weighted by Gasteiger charge is -2.13. The van der Waals surface area contributed by atoms with Crippen LogP contribution in [0.25, 0.3) is 0 Å². The van der Waals surface area contributed by atoms with E-state index in [1.807, 2.05) is 0 Å². The molecule has 0 unspecified atom stereocenters. The van der Waals surface area contributed by atoms with Gasteiger partial charge in [-0.25, -0.2) is 13.1 Å². The lowest BCUT2D eigenvalue weighted by Crippen LogP contribution is -2.26. The second kappa shape index (κ2) is 7.56. The normalized spacial score (nSPS) is 13.8. The molecule has 0 atom stereocenters. The molecule has 0 saturated heterocycles. The van der Waals surface area contributed by atoms with Crippen molar-refractivity contribution in [2.24, 2.45) is 0 Å². The number of ether oxygens (including phenoxy) is 1. The van der Waals surface area contributed by atoms with Gasteiger partial charge in [-0.1, -0.05) is 6.07 Å². The number of nitro groups is 1. The predicted octanol–water partition coefficient (Wildman–Crippen LogP) is 2.60. The van der Waals surface area contributed by atoms with Crippen molar-refractivity contribution in [2.45, 2.75) is 30.7 Å². The van der Waals surface area contributed by atoms with E-state index in [2.05, 4.69) is 10.0 Å². The van der Waals surface area contributed by atoms with Gasteiger partial charge in [0.1, 0.15) is 10.6 Å². The molecule has 2 aromatic rings. The molecule has 0 aromatic heterocycles. The number of carbonyl (C=O) groups is 1. The van der Waals surface area contributed by atoms with Crippen LogP contribution in [0.2, 0.25) is 0 Å². The number of sulfonamides is 1. The van der Waals surface area contributed by atoms with Crippen LogP contribution in [0.3, 0.4) is 0 Å². The summed E-state index contributed by atoms with van der Waals surface area (Å²) in [6.45, 7) is 1.53. The first kappa shape index (κ1) is 19.8. The highest BCUT2D eigenvalue weighted by Crippen LogP contribution is 2.29. The number of carbonyl (C=O) groups excluding carboxylic acids is 1. The Labute approximate surface area is 161 Å². The monoisotopic (exact) mass is 405 g/mol. The number of rotatable bonds is 7. The van der Waals surface area contributed by atoms with Gasteiger partial charge in [0, 0.05) is 17.7 Å². The molecule has 0 bridgehead atoms. The lowest BCUT2D eigenvalue weighted by atomic mass is 10.1. The van der Waals surface area contributed by atoms with Crippen LogP contribution in [0.5, 0.6) is 5.75 Å². The van der Waals surface area contributed by atoms with Gasteiger partial charge in [-0.3, -0.25) is 14.9 Å². The van der Waals surface area contributed by atoms with Crippen molar-refractivity contribution in [2.75, 3.05) is 12.4 Å². The second-order valence-corrected chi connectivity index (χ2v) is 8.10. The third-order valence-electron chi connectivity index (χ3n) is 4.36. The zero-order valence-corrected chi connectivity index (χ0v) is 16.1. The van der Waals surface area contributed by atoms with E-state index in [0.29, 0.717) is 5.56 Å². The molecule has 1 saturated carbocycles. The zero-order valence-electron chi connectivity index (χ0n) is 15.3. The maximum Gasteiger partial charge on any atom is 0.274 e. The van der Waals surface area contributed by atoms with Crippen LogP contribution in [-0.4, -0.2) is 32.4 Å². The Bertz CT molecular complexity index is 1050. The van der Waals surface area contributed by atoms with Crippen molar-refractivity contribution in [1.29, 1.82) is 0 Å². The molecule has 2 N–H and O–H groups in total. The lowest BCUT2D eigenvalue weighted by molar-refractivity contribution is -0.385. The Morgan fingerprint density at radius 3 is 2.57 bits per heavy atom. The van der Waals surface area contributed by atoms with Crippen LogP contribution < -0.4 is 14.8 Å². The highest BCUT2D eigenvalue weighted by Gasteiger charge is 2.30. The summed E-state index contributed by atoms with van der Waals surface area (Å²) >= 11 is 0. The first-order valence-corrected chi connectivity index (χ1v) is 9.97. The van der Waals surface area contributed by atoms with Crippen molar-refractivity contribution < 1.29 is 22.9 Å². The van der Waals surface area contributed by atoms with E-state index in [0.717, 1.165) is 12.8 Å². The molecule has 1 fully saturated rings. The van der Waals surface area contributed by atoms with Crippen molar-refractivity contribution >= 4 is 27.3 Å². The number of nitrogens with zero attached hydrogens (tertiary/aromatic N) is 1. The SMILES string of the molecule is COc1ccc(C(=O)Nc2cccc([N+](=O)[O-])c2C)cc1S(=O)(=O)NC1CC1. The van der Waals surface area contributed by atoms with Gasteiger partial charge in [-0.2, -0.15) is 0 Å². The summed E-state index contributed by atoms with van der Waals surface area (Å²) in [5, 5.41) is 13.6. The average Bonchev–Trinajstić information content (AvgIpc) is 3.45. The largest absolute Gasteiger partial charge is 0.495 e. The van der Waals surface area contributed by atoms with E-state index in [9.17, 15) is 23.3 Å². The fraction of sp³-hybridized carbons (Fsp3) is 0.278. The number of hydrogen-bond donors (Lipinski definition) is 2. The fourth-order valence-corrected chi connectivity index (χ4v) is 4.16. The van der Waals surface area contributed by atoms with Crippen LogP contribution in [0.1, 0.15) is 28.8 Å². The van der Waals surface area contributed by atoms with E-state index in [1.54, 1.807) is 0 Å². The third-order valence-corrected chi connectivity index (χ3v) is 5.91. The minimum Gasteiger partial charge on any atom is -0.495 e.